The molecule has 96 valence electrons. The molecule has 0 spiro atoms. The van der Waals surface area contributed by atoms with E-state index in [9.17, 15) is 13.2 Å². The molecule has 18 heavy (non-hydrogen) atoms. The number of fused-ring (bicyclic) bond motifs is 1. The van der Waals surface area contributed by atoms with Gasteiger partial charge in [-0.15, -0.1) is 0 Å². The molecular formula is C13H13F3N2. The molecule has 0 saturated heterocycles. The van der Waals surface area contributed by atoms with Gasteiger partial charge >= 0.3 is 6.18 Å². The number of alkyl halides is 3. The van der Waals surface area contributed by atoms with E-state index in [1.165, 1.54) is 12.3 Å². The van der Waals surface area contributed by atoms with Gasteiger partial charge in [0.15, 0.2) is 0 Å². The highest BCUT2D eigenvalue weighted by atomic mass is 19.4. The lowest BCUT2D eigenvalue weighted by atomic mass is 10.0. The summed E-state index contributed by atoms with van der Waals surface area (Å²) in [5, 5.41) is 3.18. The van der Waals surface area contributed by atoms with Gasteiger partial charge in [0, 0.05) is 17.1 Å². The Balaban J connectivity index is 2.57. The summed E-state index contributed by atoms with van der Waals surface area (Å²) in [6.45, 7) is 1.89. The number of halogens is 3. The number of nitrogens with zero attached hydrogens (tertiary/aromatic N) is 1. The third kappa shape index (κ3) is 2.46. The number of para-hydroxylation sites is 1. The highest BCUT2D eigenvalue weighted by Gasteiger charge is 2.41. The molecule has 5 heteroatoms. The highest BCUT2D eigenvalue weighted by molar-refractivity contribution is 5.82. The minimum absolute atomic E-state index is 0.169. The summed E-state index contributed by atoms with van der Waals surface area (Å²) < 4.78 is 39.1. The van der Waals surface area contributed by atoms with Crippen molar-refractivity contribution < 1.29 is 13.2 Å². The summed E-state index contributed by atoms with van der Waals surface area (Å²) in [6.07, 6.45) is -2.83. The molecule has 2 nitrogen and oxygen atoms in total. The van der Waals surface area contributed by atoms with Crippen LogP contribution in [-0.2, 0) is 0 Å². The van der Waals surface area contributed by atoms with Crippen molar-refractivity contribution in [2.45, 2.75) is 19.1 Å². The van der Waals surface area contributed by atoms with Gasteiger partial charge in [-0.3, -0.25) is 4.98 Å². The van der Waals surface area contributed by atoms with E-state index >= 15 is 0 Å². The Morgan fingerprint density at radius 3 is 2.61 bits per heavy atom. The van der Waals surface area contributed by atoms with Crippen LogP contribution < -0.4 is 5.32 Å². The zero-order valence-corrected chi connectivity index (χ0v) is 9.83. The number of hydrogen-bond donors (Lipinski definition) is 1. The lowest BCUT2D eigenvalue weighted by Gasteiger charge is -2.22. The summed E-state index contributed by atoms with van der Waals surface area (Å²) in [5.41, 5.74) is 0.561. The first-order chi connectivity index (χ1) is 8.54. The van der Waals surface area contributed by atoms with Crippen LogP contribution in [0.1, 0.15) is 18.5 Å². The lowest BCUT2D eigenvalue weighted by molar-refractivity contribution is -0.157. The Kier molecular flexibility index (Phi) is 3.52. The van der Waals surface area contributed by atoms with Crippen LogP contribution >= 0.6 is 0 Å². The number of nitrogens with one attached hydrogen (secondary N) is 1. The van der Waals surface area contributed by atoms with Crippen LogP contribution in [0.15, 0.2) is 36.5 Å². The molecule has 0 bridgehead atoms. The molecule has 1 aromatic heterocycles. The highest BCUT2D eigenvalue weighted by Crippen LogP contribution is 2.35. The van der Waals surface area contributed by atoms with Crippen molar-refractivity contribution in [1.82, 2.24) is 10.3 Å². The van der Waals surface area contributed by atoms with Crippen molar-refractivity contribution >= 4 is 10.9 Å². The topological polar surface area (TPSA) is 24.9 Å². The van der Waals surface area contributed by atoms with E-state index in [1.807, 2.05) is 0 Å². The van der Waals surface area contributed by atoms with E-state index < -0.39 is 12.2 Å². The van der Waals surface area contributed by atoms with E-state index in [0.29, 0.717) is 10.9 Å². The molecule has 0 radical (unpaired) electrons. The van der Waals surface area contributed by atoms with Crippen LogP contribution in [0.5, 0.6) is 0 Å². The molecule has 2 rings (SSSR count). The number of rotatable bonds is 3. The van der Waals surface area contributed by atoms with Gasteiger partial charge in [0.25, 0.3) is 0 Å². The van der Waals surface area contributed by atoms with Crippen molar-refractivity contribution in [1.29, 1.82) is 0 Å². The molecule has 0 amide bonds. The third-order valence-electron chi connectivity index (χ3n) is 2.71. The summed E-state index contributed by atoms with van der Waals surface area (Å²) in [5.74, 6) is 0. The van der Waals surface area contributed by atoms with Crippen molar-refractivity contribution in [2.75, 3.05) is 6.54 Å². The minimum atomic E-state index is -4.33. The van der Waals surface area contributed by atoms with Crippen LogP contribution in [0, 0.1) is 0 Å². The number of hydrogen-bond acceptors (Lipinski definition) is 2. The summed E-state index contributed by atoms with van der Waals surface area (Å²) >= 11 is 0. The predicted molar refractivity (Wildman–Crippen MR) is 64.2 cm³/mol. The van der Waals surface area contributed by atoms with Gasteiger partial charge in [-0.1, -0.05) is 31.2 Å². The van der Waals surface area contributed by atoms with Crippen molar-refractivity contribution in [3.8, 4) is 0 Å². The van der Waals surface area contributed by atoms with Gasteiger partial charge in [0.05, 0.1) is 5.52 Å². The molecule has 1 N–H and O–H groups in total. The zero-order chi connectivity index (χ0) is 13.2. The minimum Gasteiger partial charge on any atom is -0.303 e. The van der Waals surface area contributed by atoms with E-state index in [2.05, 4.69) is 10.3 Å². The van der Waals surface area contributed by atoms with Crippen LogP contribution in [0.4, 0.5) is 13.2 Å². The molecule has 0 aliphatic carbocycles. The molecule has 1 heterocycles. The van der Waals surface area contributed by atoms with Crippen LogP contribution in [0.3, 0.4) is 0 Å². The Labute approximate surface area is 103 Å². The first-order valence-electron chi connectivity index (χ1n) is 5.67. The monoisotopic (exact) mass is 254 g/mol. The maximum Gasteiger partial charge on any atom is 0.407 e. The second-order valence-corrected chi connectivity index (χ2v) is 3.95. The Morgan fingerprint density at radius 1 is 1.22 bits per heavy atom. The standard InChI is InChI=1S/C13H13F3N2/c1-2-17-12(13(14,15)16)10-7-3-5-9-6-4-8-18-11(9)10/h3-8,12,17H,2H2,1H3. The van der Waals surface area contributed by atoms with Crippen molar-refractivity contribution in [2.24, 2.45) is 0 Å². The molecule has 2 aromatic rings. The number of benzene rings is 1. The normalized spacial score (nSPS) is 13.8. The van der Waals surface area contributed by atoms with Gasteiger partial charge in [0.2, 0.25) is 0 Å². The Hall–Kier alpha value is -1.62. The maximum atomic E-state index is 13.0. The molecule has 0 saturated carbocycles. The first kappa shape index (κ1) is 12.8. The molecule has 0 aliphatic rings. The lowest BCUT2D eigenvalue weighted by Crippen LogP contribution is -2.34. The molecule has 1 unspecified atom stereocenters. The molecule has 1 atom stereocenters. The van der Waals surface area contributed by atoms with E-state index in [-0.39, 0.29) is 12.1 Å². The summed E-state index contributed by atoms with van der Waals surface area (Å²) in [7, 11) is 0. The SMILES string of the molecule is CCNC(c1cccc2cccnc12)C(F)(F)F. The average molecular weight is 254 g/mol. The average Bonchev–Trinajstić information content (AvgIpc) is 2.34. The quantitative estimate of drug-likeness (QED) is 0.907. The second kappa shape index (κ2) is 4.94. The van der Waals surface area contributed by atoms with E-state index in [1.54, 1.807) is 31.2 Å². The maximum absolute atomic E-state index is 13.0. The van der Waals surface area contributed by atoms with Gasteiger partial charge in [-0.05, 0) is 12.6 Å². The summed E-state index contributed by atoms with van der Waals surface area (Å²) in [4.78, 5) is 4.06. The van der Waals surface area contributed by atoms with Crippen molar-refractivity contribution in [3.63, 3.8) is 0 Å². The van der Waals surface area contributed by atoms with Gasteiger partial charge in [0.1, 0.15) is 6.04 Å². The van der Waals surface area contributed by atoms with Gasteiger partial charge in [-0.25, -0.2) is 0 Å². The number of pyridine rings is 1. The van der Waals surface area contributed by atoms with Crippen LogP contribution in [0.25, 0.3) is 10.9 Å². The van der Waals surface area contributed by atoms with Gasteiger partial charge < -0.3 is 5.32 Å². The fraction of sp³-hybridized carbons (Fsp3) is 0.308. The zero-order valence-electron chi connectivity index (χ0n) is 9.83. The Morgan fingerprint density at radius 2 is 1.94 bits per heavy atom. The van der Waals surface area contributed by atoms with E-state index in [4.69, 9.17) is 0 Å². The molecular weight excluding hydrogens is 241 g/mol. The molecule has 0 fully saturated rings. The predicted octanol–water partition coefficient (Wildman–Crippen LogP) is 3.45. The fourth-order valence-electron chi connectivity index (χ4n) is 1.97. The fourth-order valence-corrected chi connectivity index (χ4v) is 1.97. The largest absolute Gasteiger partial charge is 0.407 e. The van der Waals surface area contributed by atoms with E-state index in [0.717, 1.165) is 0 Å². The van der Waals surface area contributed by atoms with Crippen molar-refractivity contribution in [3.05, 3.63) is 42.1 Å². The second-order valence-electron chi connectivity index (χ2n) is 3.95. The van der Waals surface area contributed by atoms with Crippen LogP contribution in [-0.4, -0.2) is 17.7 Å². The number of aromatic nitrogens is 1. The van der Waals surface area contributed by atoms with Gasteiger partial charge in [-0.2, -0.15) is 13.2 Å². The smallest absolute Gasteiger partial charge is 0.303 e. The first-order valence-corrected chi connectivity index (χ1v) is 5.67. The summed E-state index contributed by atoms with van der Waals surface area (Å²) in [6, 6.07) is 6.63. The molecule has 1 aromatic carbocycles. The van der Waals surface area contributed by atoms with Crippen LogP contribution in [0.2, 0.25) is 0 Å². The molecule has 0 aliphatic heterocycles. The third-order valence-corrected chi connectivity index (χ3v) is 2.71. The Bertz CT molecular complexity index is 532.